The topological polar surface area (TPSA) is 193 Å². The van der Waals surface area contributed by atoms with Gasteiger partial charge in [0.1, 0.15) is 18.3 Å². The van der Waals surface area contributed by atoms with Crippen LogP contribution in [0.3, 0.4) is 0 Å². The van der Waals surface area contributed by atoms with Gasteiger partial charge in [-0.15, -0.1) is 0 Å². The molecule has 0 aliphatic carbocycles. The Bertz CT molecular complexity index is 796. The van der Waals surface area contributed by atoms with Gasteiger partial charge in [-0.05, 0) is 11.6 Å². The number of guanidine groups is 1. The molecular weight excluding hydrogens is 394 g/mol. The van der Waals surface area contributed by atoms with Crippen LogP contribution in [0.4, 0.5) is 0 Å². The van der Waals surface area contributed by atoms with E-state index in [0.29, 0.717) is 0 Å². The number of aliphatic hydroxyl groups excluding tert-OH is 3. The van der Waals surface area contributed by atoms with Crippen LogP contribution in [0.2, 0.25) is 0 Å². The largest absolute Gasteiger partial charge is 0.480 e. The van der Waals surface area contributed by atoms with E-state index in [1.807, 2.05) is 30.3 Å². The number of benzene rings is 1. The Morgan fingerprint density at radius 1 is 1.23 bits per heavy atom. The van der Waals surface area contributed by atoms with Crippen LogP contribution < -0.4 is 22.1 Å². The molecule has 9 N–H and O–H groups in total. The summed E-state index contributed by atoms with van der Waals surface area (Å²) in [6.07, 6.45) is -3.23. The minimum absolute atomic E-state index is 0.197. The number of aliphatic imine (C=N–C) groups is 1. The van der Waals surface area contributed by atoms with Gasteiger partial charge in [-0.3, -0.25) is 9.59 Å². The maximum Gasteiger partial charge on any atom is 0.286 e. The summed E-state index contributed by atoms with van der Waals surface area (Å²) in [5.41, 5.74) is 11.8. The molecule has 2 amide bonds. The third kappa shape index (κ3) is 6.17. The number of ether oxygens (including phenoxy) is 1. The van der Waals surface area contributed by atoms with Crippen LogP contribution in [0.25, 0.3) is 0 Å². The average molecular weight is 421 g/mol. The lowest BCUT2D eigenvalue weighted by Crippen LogP contribution is -2.60. The normalized spacial score (nSPS) is 22.7. The van der Waals surface area contributed by atoms with Crippen molar-refractivity contribution in [2.45, 2.75) is 43.9 Å². The number of hydrogen-bond acceptors (Lipinski definition) is 7. The Balaban J connectivity index is 2.31. The molecule has 164 valence electrons. The molecule has 1 heterocycles. The summed E-state index contributed by atoms with van der Waals surface area (Å²) in [6.45, 7) is 0.694. The zero-order valence-corrected chi connectivity index (χ0v) is 16.4. The summed E-state index contributed by atoms with van der Waals surface area (Å²) < 4.78 is 5.61. The third-order valence-electron chi connectivity index (χ3n) is 4.41. The predicted molar refractivity (Wildman–Crippen MR) is 108 cm³/mol. The highest BCUT2D eigenvalue weighted by Gasteiger charge is 2.43. The second-order valence-corrected chi connectivity index (χ2v) is 6.79. The fourth-order valence-corrected chi connectivity index (χ4v) is 3.01. The lowest BCUT2D eigenvalue weighted by Gasteiger charge is -2.39. The van der Waals surface area contributed by atoms with E-state index in [1.54, 1.807) is 0 Å². The van der Waals surface area contributed by atoms with Crippen molar-refractivity contribution in [3.8, 4) is 0 Å². The molecule has 0 unspecified atom stereocenters. The lowest BCUT2D eigenvalue weighted by atomic mass is 9.92. The number of rotatable bonds is 8. The maximum atomic E-state index is 12.6. The van der Waals surface area contributed by atoms with Crippen molar-refractivity contribution in [3.05, 3.63) is 47.7 Å². The van der Waals surface area contributed by atoms with E-state index >= 15 is 0 Å². The first kappa shape index (κ1) is 23.1. The number of amides is 2. The Morgan fingerprint density at radius 3 is 2.47 bits per heavy atom. The van der Waals surface area contributed by atoms with E-state index in [-0.39, 0.29) is 18.3 Å². The highest BCUT2D eigenvalue weighted by atomic mass is 16.5. The van der Waals surface area contributed by atoms with Crippen LogP contribution in [0.1, 0.15) is 12.5 Å². The van der Waals surface area contributed by atoms with E-state index in [2.05, 4.69) is 15.6 Å². The fourth-order valence-electron chi connectivity index (χ4n) is 3.01. The van der Waals surface area contributed by atoms with Crippen LogP contribution in [0.5, 0.6) is 0 Å². The molecule has 1 aromatic carbocycles. The first-order valence-electron chi connectivity index (χ1n) is 9.26. The van der Waals surface area contributed by atoms with Crippen LogP contribution in [-0.4, -0.2) is 70.1 Å². The second kappa shape index (κ2) is 10.6. The first-order chi connectivity index (χ1) is 14.2. The molecule has 0 radical (unpaired) electrons. The van der Waals surface area contributed by atoms with Crippen LogP contribution >= 0.6 is 0 Å². The Labute approximate surface area is 173 Å². The highest BCUT2D eigenvalue weighted by molar-refractivity contribution is 5.92. The summed E-state index contributed by atoms with van der Waals surface area (Å²) in [5.74, 6) is -1.59. The minimum atomic E-state index is -1.64. The zero-order chi connectivity index (χ0) is 22.3. The SMILES string of the molecule is CC(=O)N[C@H]1[C@H]([C@H](O)[C@H](O)CO)OC(C(=O)NCc2ccccc2)=C[C@@H]1N=C(N)N. The third-order valence-corrected chi connectivity index (χ3v) is 4.41. The van der Waals surface area contributed by atoms with Gasteiger partial charge in [-0.1, -0.05) is 30.3 Å². The van der Waals surface area contributed by atoms with Crippen molar-refractivity contribution in [1.82, 2.24) is 10.6 Å². The molecule has 0 fully saturated rings. The van der Waals surface area contributed by atoms with Gasteiger partial charge in [0.05, 0.1) is 18.7 Å². The number of nitrogens with zero attached hydrogens (tertiary/aromatic N) is 1. The van der Waals surface area contributed by atoms with Gasteiger partial charge in [0.25, 0.3) is 5.91 Å². The molecule has 0 saturated heterocycles. The van der Waals surface area contributed by atoms with Crippen molar-refractivity contribution < 1.29 is 29.6 Å². The van der Waals surface area contributed by atoms with Crippen molar-refractivity contribution in [1.29, 1.82) is 0 Å². The van der Waals surface area contributed by atoms with E-state index in [0.717, 1.165) is 5.56 Å². The van der Waals surface area contributed by atoms with Gasteiger partial charge >= 0.3 is 0 Å². The summed E-state index contributed by atoms with van der Waals surface area (Å²) in [4.78, 5) is 28.3. The molecule has 11 nitrogen and oxygen atoms in total. The fraction of sp³-hybridized carbons (Fsp3) is 0.421. The summed E-state index contributed by atoms with van der Waals surface area (Å²) in [6, 6.07) is 7.19. The van der Waals surface area contributed by atoms with Crippen molar-refractivity contribution >= 4 is 17.8 Å². The van der Waals surface area contributed by atoms with E-state index in [9.17, 15) is 24.9 Å². The molecule has 11 heteroatoms. The van der Waals surface area contributed by atoms with Gasteiger partial charge in [-0.25, -0.2) is 4.99 Å². The second-order valence-electron chi connectivity index (χ2n) is 6.79. The van der Waals surface area contributed by atoms with Gasteiger partial charge in [0.15, 0.2) is 11.7 Å². The molecule has 1 aliphatic rings. The lowest BCUT2D eigenvalue weighted by molar-refractivity contribution is -0.134. The number of carbonyl (C=O) groups excluding carboxylic acids is 2. The molecular formula is C19H27N5O6. The number of hydrogen-bond donors (Lipinski definition) is 7. The van der Waals surface area contributed by atoms with Gasteiger partial charge < -0.3 is 42.2 Å². The smallest absolute Gasteiger partial charge is 0.286 e. The quantitative estimate of drug-likeness (QED) is 0.176. The van der Waals surface area contributed by atoms with Crippen LogP contribution in [0, 0.1) is 0 Å². The standard InChI is InChI=1S/C19H27N5O6/c1-10(26)23-15-12(24-19(20)21)7-14(30-17(15)16(28)13(27)9-25)18(29)22-8-11-5-3-2-4-6-11/h2-7,12-13,15-17,25,27-28H,8-9H2,1H3,(H,22,29)(H,23,26)(H4,20,21,24)/t12-,13+,15+,16+,17+/m0/s1. The molecule has 5 atom stereocenters. The van der Waals surface area contributed by atoms with Crippen molar-refractivity contribution in [2.75, 3.05) is 6.61 Å². The van der Waals surface area contributed by atoms with Crippen molar-refractivity contribution in [2.24, 2.45) is 16.5 Å². The number of aliphatic hydroxyl groups is 3. The predicted octanol–water partition coefficient (Wildman–Crippen LogP) is -2.55. The molecule has 1 aliphatic heterocycles. The Morgan fingerprint density at radius 2 is 1.90 bits per heavy atom. The van der Waals surface area contributed by atoms with Gasteiger partial charge in [0.2, 0.25) is 5.91 Å². The zero-order valence-electron chi connectivity index (χ0n) is 16.4. The molecule has 2 rings (SSSR count). The highest BCUT2D eigenvalue weighted by Crippen LogP contribution is 2.25. The molecule has 0 spiro atoms. The minimum Gasteiger partial charge on any atom is -0.480 e. The summed E-state index contributed by atoms with van der Waals surface area (Å²) >= 11 is 0. The first-order valence-corrected chi connectivity index (χ1v) is 9.26. The maximum absolute atomic E-state index is 12.6. The summed E-state index contributed by atoms with van der Waals surface area (Å²) in [5, 5.41) is 34.7. The van der Waals surface area contributed by atoms with Gasteiger partial charge in [-0.2, -0.15) is 0 Å². The Hall–Kier alpha value is -3.15. The van der Waals surface area contributed by atoms with Gasteiger partial charge in [0, 0.05) is 13.5 Å². The Kier molecular flexibility index (Phi) is 8.16. The number of carbonyl (C=O) groups is 2. The average Bonchev–Trinajstić information content (AvgIpc) is 2.71. The van der Waals surface area contributed by atoms with E-state index in [4.69, 9.17) is 16.2 Å². The molecule has 0 aromatic heterocycles. The van der Waals surface area contributed by atoms with E-state index in [1.165, 1.54) is 13.0 Å². The monoisotopic (exact) mass is 421 g/mol. The van der Waals surface area contributed by atoms with Crippen molar-refractivity contribution in [3.63, 3.8) is 0 Å². The summed E-state index contributed by atoms with van der Waals surface area (Å²) in [7, 11) is 0. The molecule has 0 bridgehead atoms. The molecule has 0 saturated carbocycles. The number of nitrogens with two attached hydrogens (primary N) is 2. The number of nitrogens with one attached hydrogen (secondary N) is 2. The molecule has 1 aromatic rings. The van der Waals surface area contributed by atoms with Crippen LogP contribution in [0.15, 0.2) is 47.2 Å². The van der Waals surface area contributed by atoms with Crippen LogP contribution in [-0.2, 0) is 20.9 Å². The molecule has 30 heavy (non-hydrogen) atoms. The van der Waals surface area contributed by atoms with E-state index < -0.39 is 48.8 Å².